The van der Waals surface area contributed by atoms with Crippen molar-refractivity contribution in [2.75, 3.05) is 19.6 Å². The molecule has 1 atom stereocenters. The van der Waals surface area contributed by atoms with Crippen LogP contribution in [0.25, 0.3) is 5.69 Å². The van der Waals surface area contributed by atoms with E-state index in [2.05, 4.69) is 10.4 Å². The van der Waals surface area contributed by atoms with E-state index in [0.717, 1.165) is 24.2 Å². The van der Waals surface area contributed by atoms with Crippen LogP contribution >= 0.6 is 11.6 Å². The first-order chi connectivity index (χ1) is 13.4. The van der Waals surface area contributed by atoms with E-state index in [9.17, 15) is 9.59 Å². The van der Waals surface area contributed by atoms with Crippen LogP contribution in [0.1, 0.15) is 55.6 Å². The summed E-state index contributed by atoms with van der Waals surface area (Å²) in [7, 11) is 0. The van der Waals surface area contributed by atoms with Crippen molar-refractivity contribution in [3.05, 3.63) is 46.7 Å². The predicted octanol–water partition coefficient (Wildman–Crippen LogP) is 3.64. The maximum absolute atomic E-state index is 13.3. The third-order valence-corrected chi connectivity index (χ3v) is 5.34. The Morgan fingerprint density at radius 1 is 1.29 bits per heavy atom. The number of hydrogen-bond acceptors (Lipinski definition) is 3. The Bertz CT molecular complexity index is 845. The molecule has 2 amide bonds. The van der Waals surface area contributed by atoms with Crippen LogP contribution in [0.5, 0.6) is 0 Å². The Hall–Kier alpha value is -2.34. The van der Waals surface area contributed by atoms with Crippen molar-refractivity contribution < 1.29 is 9.59 Å². The van der Waals surface area contributed by atoms with Gasteiger partial charge in [0.1, 0.15) is 0 Å². The Morgan fingerprint density at radius 2 is 2.00 bits per heavy atom. The number of halogens is 1. The van der Waals surface area contributed by atoms with Crippen molar-refractivity contribution in [1.82, 2.24) is 20.0 Å². The summed E-state index contributed by atoms with van der Waals surface area (Å²) in [5, 5.41) is 8.01. The minimum absolute atomic E-state index is 0.0287. The summed E-state index contributed by atoms with van der Waals surface area (Å²) >= 11 is 6.00. The van der Waals surface area contributed by atoms with E-state index >= 15 is 0 Å². The second-order valence-electron chi connectivity index (χ2n) is 7.47. The highest BCUT2D eigenvalue weighted by molar-refractivity contribution is 6.30. The summed E-state index contributed by atoms with van der Waals surface area (Å²) in [6.45, 7) is 7.73. The van der Waals surface area contributed by atoms with Gasteiger partial charge in [0.25, 0.3) is 5.91 Å². The SMILES string of the molecule is CCNC(=O)C1CCCN(C(=O)c2cnn(-c3ccc(Cl)cc3)c2C(C)C)C1. The molecule has 1 aromatic carbocycles. The van der Waals surface area contributed by atoms with Crippen LogP contribution in [0.4, 0.5) is 0 Å². The molecule has 6 nitrogen and oxygen atoms in total. The highest BCUT2D eigenvalue weighted by Crippen LogP contribution is 2.27. The number of carbonyl (C=O) groups excluding carboxylic acids is 2. The smallest absolute Gasteiger partial charge is 0.257 e. The first kappa shape index (κ1) is 20.4. The fourth-order valence-electron chi connectivity index (χ4n) is 3.73. The Kier molecular flexibility index (Phi) is 6.39. The lowest BCUT2D eigenvalue weighted by atomic mass is 9.96. The number of rotatable bonds is 5. The molecule has 1 aliphatic rings. The number of likely N-dealkylation sites (tertiary alicyclic amines) is 1. The van der Waals surface area contributed by atoms with E-state index < -0.39 is 0 Å². The van der Waals surface area contributed by atoms with Gasteiger partial charge < -0.3 is 10.2 Å². The first-order valence-corrected chi connectivity index (χ1v) is 10.2. The average molecular weight is 403 g/mol. The number of aromatic nitrogens is 2. The lowest BCUT2D eigenvalue weighted by Gasteiger charge is -2.32. The van der Waals surface area contributed by atoms with Crippen molar-refractivity contribution in [3.63, 3.8) is 0 Å². The minimum atomic E-state index is -0.147. The summed E-state index contributed by atoms with van der Waals surface area (Å²) < 4.78 is 1.81. The normalized spacial score (nSPS) is 17.0. The summed E-state index contributed by atoms with van der Waals surface area (Å²) in [6.07, 6.45) is 3.29. The van der Waals surface area contributed by atoms with Gasteiger partial charge in [-0.15, -0.1) is 0 Å². The molecule has 150 valence electrons. The fraction of sp³-hybridized carbons (Fsp3) is 0.476. The molecule has 0 radical (unpaired) electrons. The summed E-state index contributed by atoms with van der Waals surface area (Å²) in [5.74, 6) is -0.0635. The second kappa shape index (κ2) is 8.78. The van der Waals surface area contributed by atoms with E-state index in [4.69, 9.17) is 11.6 Å². The van der Waals surface area contributed by atoms with E-state index in [1.165, 1.54) is 0 Å². The first-order valence-electron chi connectivity index (χ1n) is 9.83. The van der Waals surface area contributed by atoms with Crippen LogP contribution < -0.4 is 5.32 Å². The second-order valence-corrected chi connectivity index (χ2v) is 7.91. The molecule has 0 bridgehead atoms. The molecule has 1 aliphatic heterocycles. The predicted molar refractivity (Wildman–Crippen MR) is 110 cm³/mol. The number of piperidine rings is 1. The average Bonchev–Trinajstić information content (AvgIpc) is 3.13. The topological polar surface area (TPSA) is 67.2 Å². The van der Waals surface area contributed by atoms with E-state index in [0.29, 0.717) is 30.2 Å². The minimum Gasteiger partial charge on any atom is -0.356 e. The molecule has 1 saturated heterocycles. The van der Waals surface area contributed by atoms with Gasteiger partial charge in [-0.05, 0) is 49.9 Å². The number of nitrogens with one attached hydrogen (secondary N) is 1. The van der Waals surface area contributed by atoms with E-state index in [1.54, 1.807) is 15.8 Å². The monoisotopic (exact) mass is 402 g/mol. The van der Waals surface area contributed by atoms with Gasteiger partial charge >= 0.3 is 0 Å². The highest BCUT2D eigenvalue weighted by atomic mass is 35.5. The van der Waals surface area contributed by atoms with Gasteiger partial charge in [-0.2, -0.15) is 5.10 Å². The van der Waals surface area contributed by atoms with E-state index in [-0.39, 0.29) is 23.7 Å². The molecule has 2 aromatic rings. The summed E-state index contributed by atoms with van der Waals surface area (Å²) in [4.78, 5) is 27.3. The third-order valence-electron chi connectivity index (χ3n) is 5.09. The molecule has 1 fully saturated rings. The number of amides is 2. The molecular weight excluding hydrogens is 376 g/mol. The zero-order valence-electron chi connectivity index (χ0n) is 16.6. The molecule has 1 aromatic heterocycles. The summed E-state index contributed by atoms with van der Waals surface area (Å²) in [6, 6.07) is 7.40. The molecule has 2 heterocycles. The molecule has 0 aliphatic carbocycles. The van der Waals surface area contributed by atoms with Gasteiger partial charge in [-0.3, -0.25) is 9.59 Å². The molecule has 1 unspecified atom stereocenters. The van der Waals surface area contributed by atoms with Gasteiger partial charge in [-0.1, -0.05) is 25.4 Å². The van der Waals surface area contributed by atoms with Crippen molar-refractivity contribution in [3.8, 4) is 5.69 Å². The Labute approximate surface area is 170 Å². The van der Waals surface area contributed by atoms with Gasteiger partial charge in [0, 0.05) is 24.7 Å². The molecule has 1 N–H and O–H groups in total. The molecule has 28 heavy (non-hydrogen) atoms. The lowest BCUT2D eigenvalue weighted by molar-refractivity contribution is -0.126. The number of nitrogens with zero attached hydrogens (tertiary/aromatic N) is 3. The largest absolute Gasteiger partial charge is 0.356 e. The maximum atomic E-state index is 13.3. The van der Waals surface area contributed by atoms with Gasteiger partial charge in [0.05, 0.1) is 29.1 Å². The standard InChI is InChI=1S/C21H27ClN4O2/c1-4-23-20(27)15-6-5-11-25(13-15)21(28)18-12-24-26(19(18)14(2)3)17-9-7-16(22)8-10-17/h7-10,12,14-15H,4-6,11,13H2,1-3H3,(H,23,27). The van der Waals surface area contributed by atoms with Crippen LogP contribution in [0.15, 0.2) is 30.5 Å². The van der Waals surface area contributed by atoms with Gasteiger partial charge in [0.15, 0.2) is 0 Å². The maximum Gasteiger partial charge on any atom is 0.257 e. The van der Waals surface area contributed by atoms with Crippen LogP contribution in [0.3, 0.4) is 0 Å². The van der Waals surface area contributed by atoms with Crippen molar-refractivity contribution >= 4 is 23.4 Å². The number of hydrogen-bond donors (Lipinski definition) is 1. The molecule has 7 heteroatoms. The van der Waals surface area contributed by atoms with Crippen LogP contribution in [-0.2, 0) is 4.79 Å². The van der Waals surface area contributed by atoms with Crippen LogP contribution in [-0.4, -0.2) is 46.1 Å². The van der Waals surface area contributed by atoms with Crippen LogP contribution in [0.2, 0.25) is 5.02 Å². The Morgan fingerprint density at radius 3 is 2.64 bits per heavy atom. The van der Waals surface area contributed by atoms with Gasteiger partial charge in [0.2, 0.25) is 5.91 Å². The van der Waals surface area contributed by atoms with Gasteiger partial charge in [-0.25, -0.2) is 4.68 Å². The number of benzene rings is 1. The molecular formula is C21H27ClN4O2. The fourth-order valence-corrected chi connectivity index (χ4v) is 3.86. The van der Waals surface area contributed by atoms with Crippen molar-refractivity contribution in [2.24, 2.45) is 5.92 Å². The quantitative estimate of drug-likeness (QED) is 0.830. The third kappa shape index (κ3) is 4.22. The van der Waals surface area contributed by atoms with Crippen LogP contribution in [0, 0.1) is 5.92 Å². The molecule has 0 saturated carbocycles. The number of carbonyl (C=O) groups is 2. The van der Waals surface area contributed by atoms with E-state index in [1.807, 2.05) is 45.0 Å². The molecule has 3 rings (SSSR count). The Balaban J connectivity index is 1.87. The van der Waals surface area contributed by atoms with Crippen molar-refractivity contribution in [1.29, 1.82) is 0 Å². The zero-order valence-corrected chi connectivity index (χ0v) is 17.4. The lowest BCUT2D eigenvalue weighted by Crippen LogP contribution is -2.45. The zero-order chi connectivity index (χ0) is 20.3. The summed E-state index contributed by atoms with van der Waals surface area (Å²) in [5.41, 5.74) is 2.33. The van der Waals surface area contributed by atoms with Crippen molar-refractivity contribution in [2.45, 2.75) is 39.5 Å². The molecule has 0 spiro atoms. The highest BCUT2D eigenvalue weighted by Gasteiger charge is 2.31.